The molecule has 0 rings (SSSR count). The number of phosphoric ester groups is 1. The van der Waals surface area contributed by atoms with Crippen molar-refractivity contribution in [2.45, 2.75) is 270 Å². The Labute approximate surface area is 402 Å². The Morgan fingerprint density at radius 1 is 0.477 bits per heavy atom. The molecule has 9 heteroatoms. The van der Waals surface area contributed by atoms with Gasteiger partial charge in [-0.15, -0.1) is 0 Å². The van der Waals surface area contributed by atoms with Gasteiger partial charge in [-0.25, -0.2) is 4.57 Å². The van der Waals surface area contributed by atoms with Gasteiger partial charge < -0.3 is 20.1 Å². The molecule has 0 aromatic carbocycles. The van der Waals surface area contributed by atoms with Crippen molar-refractivity contribution in [1.82, 2.24) is 0 Å². The number of hydrogen-bond donors (Lipinski definition) is 2. The first-order chi connectivity index (χ1) is 31.9. The lowest BCUT2D eigenvalue weighted by Gasteiger charge is -2.20. The highest BCUT2D eigenvalue weighted by Gasteiger charge is 2.25. The first-order valence-electron chi connectivity index (χ1n) is 27.6. The third-order valence-electron chi connectivity index (χ3n) is 12.0. The lowest BCUT2D eigenvalue weighted by Crippen LogP contribution is -2.28. The molecular formula is C56H106NO7P. The highest BCUT2D eigenvalue weighted by Crippen LogP contribution is 2.43. The maximum atomic E-state index is 12.7. The van der Waals surface area contributed by atoms with Crippen molar-refractivity contribution in [2.75, 3.05) is 33.0 Å². The number of phosphoric acid groups is 1. The third kappa shape index (κ3) is 53.3. The van der Waals surface area contributed by atoms with Crippen molar-refractivity contribution < 1.29 is 32.8 Å². The van der Waals surface area contributed by atoms with E-state index in [9.17, 15) is 14.3 Å². The molecule has 0 aromatic rings. The quantitative estimate of drug-likeness (QED) is 0.0268. The van der Waals surface area contributed by atoms with E-state index < -0.39 is 13.9 Å². The third-order valence-corrected chi connectivity index (χ3v) is 13.0. The van der Waals surface area contributed by atoms with E-state index in [1.165, 1.54) is 186 Å². The van der Waals surface area contributed by atoms with Crippen LogP contribution in [0.25, 0.3) is 0 Å². The van der Waals surface area contributed by atoms with Gasteiger partial charge in [-0.3, -0.25) is 13.8 Å². The van der Waals surface area contributed by atoms with Crippen LogP contribution in [0.3, 0.4) is 0 Å². The summed E-state index contributed by atoms with van der Waals surface area (Å²) in [6.45, 7) is 4.86. The maximum absolute atomic E-state index is 12.7. The highest BCUT2D eigenvalue weighted by atomic mass is 31.2. The fourth-order valence-corrected chi connectivity index (χ4v) is 8.76. The van der Waals surface area contributed by atoms with Gasteiger partial charge in [0.25, 0.3) is 0 Å². The van der Waals surface area contributed by atoms with Crippen LogP contribution in [0.4, 0.5) is 0 Å². The van der Waals surface area contributed by atoms with Gasteiger partial charge in [0, 0.05) is 19.6 Å². The van der Waals surface area contributed by atoms with Gasteiger partial charge in [0.05, 0.1) is 19.8 Å². The summed E-state index contributed by atoms with van der Waals surface area (Å²) in [5.74, 6) is -0.328. The second-order valence-corrected chi connectivity index (χ2v) is 19.9. The summed E-state index contributed by atoms with van der Waals surface area (Å²) < 4.78 is 33.7. The van der Waals surface area contributed by atoms with Crippen LogP contribution >= 0.6 is 7.82 Å². The Bertz CT molecular complexity index is 1140. The number of nitrogens with two attached hydrogens (primary N) is 1. The first-order valence-corrected chi connectivity index (χ1v) is 29.1. The second kappa shape index (κ2) is 53.4. The van der Waals surface area contributed by atoms with Gasteiger partial charge in [-0.05, 0) is 51.4 Å². The molecule has 2 atom stereocenters. The molecule has 0 heterocycles. The van der Waals surface area contributed by atoms with Crippen molar-refractivity contribution in [1.29, 1.82) is 0 Å². The number of esters is 1. The maximum Gasteiger partial charge on any atom is 0.472 e. The van der Waals surface area contributed by atoms with E-state index >= 15 is 0 Å². The largest absolute Gasteiger partial charge is 0.472 e. The molecule has 382 valence electrons. The molecule has 2 unspecified atom stereocenters. The van der Waals surface area contributed by atoms with E-state index in [4.69, 9.17) is 24.3 Å². The Morgan fingerprint density at radius 3 is 1.29 bits per heavy atom. The Kier molecular flexibility index (Phi) is 52.1. The minimum atomic E-state index is -4.28. The van der Waals surface area contributed by atoms with Gasteiger partial charge >= 0.3 is 13.8 Å². The van der Waals surface area contributed by atoms with E-state index in [2.05, 4.69) is 62.5 Å². The van der Waals surface area contributed by atoms with Gasteiger partial charge in [0.1, 0.15) is 6.10 Å². The zero-order valence-electron chi connectivity index (χ0n) is 42.7. The van der Waals surface area contributed by atoms with E-state index in [0.29, 0.717) is 13.0 Å². The average molecular weight is 936 g/mol. The van der Waals surface area contributed by atoms with Crippen molar-refractivity contribution in [2.24, 2.45) is 5.73 Å². The smallest absolute Gasteiger partial charge is 0.457 e. The minimum Gasteiger partial charge on any atom is -0.457 e. The monoisotopic (exact) mass is 936 g/mol. The van der Waals surface area contributed by atoms with E-state index in [0.717, 1.165) is 57.8 Å². The number of carbonyl (C=O) groups is 1. The van der Waals surface area contributed by atoms with Crippen molar-refractivity contribution in [3.63, 3.8) is 0 Å². The van der Waals surface area contributed by atoms with Gasteiger partial charge in [-0.1, -0.05) is 255 Å². The molecule has 0 aromatic heterocycles. The van der Waals surface area contributed by atoms with Crippen LogP contribution in [-0.2, 0) is 27.9 Å². The van der Waals surface area contributed by atoms with Crippen molar-refractivity contribution in [3.8, 4) is 0 Å². The molecule has 0 radical (unpaired) electrons. The summed E-state index contributed by atoms with van der Waals surface area (Å²) in [4.78, 5) is 22.6. The molecule has 0 spiro atoms. The number of unbranched alkanes of at least 4 members (excludes halogenated alkanes) is 32. The SMILES string of the molecule is CC/C=C\C/C=C\C/C=C\C/C=C\CCCCCCCCCCCCCCC(=O)OC(COCCCCCCCCCCCCCCCCCCCCCCC)COP(=O)(O)OCCN. The second-order valence-electron chi connectivity index (χ2n) is 18.4. The van der Waals surface area contributed by atoms with Crippen LogP contribution in [0.2, 0.25) is 0 Å². The van der Waals surface area contributed by atoms with Gasteiger partial charge in [0.2, 0.25) is 0 Å². The van der Waals surface area contributed by atoms with E-state index in [1.807, 2.05) is 0 Å². The highest BCUT2D eigenvalue weighted by molar-refractivity contribution is 7.47. The summed E-state index contributed by atoms with van der Waals surface area (Å²) in [6.07, 6.45) is 65.8. The Balaban J connectivity index is 3.88. The van der Waals surface area contributed by atoms with Crippen LogP contribution < -0.4 is 5.73 Å². The van der Waals surface area contributed by atoms with E-state index in [1.54, 1.807) is 0 Å². The topological polar surface area (TPSA) is 117 Å². The zero-order chi connectivity index (χ0) is 47.3. The summed E-state index contributed by atoms with van der Waals surface area (Å²) in [7, 11) is -4.28. The molecule has 0 aliphatic rings. The molecule has 0 aliphatic carbocycles. The number of rotatable bonds is 53. The van der Waals surface area contributed by atoms with Gasteiger partial charge in [-0.2, -0.15) is 0 Å². The number of hydrogen-bond acceptors (Lipinski definition) is 7. The molecular weight excluding hydrogens is 830 g/mol. The number of allylic oxidation sites excluding steroid dienone is 8. The lowest BCUT2D eigenvalue weighted by molar-refractivity contribution is -0.154. The Morgan fingerprint density at radius 2 is 0.862 bits per heavy atom. The molecule has 0 saturated carbocycles. The van der Waals surface area contributed by atoms with Crippen molar-refractivity contribution >= 4 is 13.8 Å². The molecule has 8 nitrogen and oxygen atoms in total. The molecule has 65 heavy (non-hydrogen) atoms. The Hall–Kier alpha value is -1.54. The fraction of sp³-hybridized carbons (Fsp3) is 0.839. The molecule has 0 saturated heterocycles. The van der Waals surface area contributed by atoms with Crippen LogP contribution in [-0.4, -0.2) is 49.9 Å². The summed E-state index contributed by atoms with van der Waals surface area (Å²) in [5, 5.41) is 0. The normalized spacial score (nSPS) is 13.6. The van der Waals surface area contributed by atoms with E-state index in [-0.39, 0.29) is 32.3 Å². The van der Waals surface area contributed by atoms with Crippen LogP contribution in [0.5, 0.6) is 0 Å². The first kappa shape index (κ1) is 63.5. The average Bonchev–Trinajstić information content (AvgIpc) is 3.30. The predicted octanol–water partition coefficient (Wildman–Crippen LogP) is 17.5. The lowest BCUT2D eigenvalue weighted by atomic mass is 10.0. The molecule has 0 amide bonds. The van der Waals surface area contributed by atoms with Gasteiger partial charge in [0.15, 0.2) is 0 Å². The summed E-state index contributed by atoms with van der Waals surface area (Å²) in [5.41, 5.74) is 5.40. The molecule has 0 aliphatic heterocycles. The fourth-order valence-electron chi connectivity index (χ4n) is 7.99. The van der Waals surface area contributed by atoms with Crippen molar-refractivity contribution in [3.05, 3.63) is 48.6 Å². The van der Waals surface area contributed by atoms with Crippen LogP contribution in [0.1, 0.15) is 264 Å². The van der Waals surface area contributed by atoms with Crippen LogP contribution in [0.15, 0.2) is 48.6 Å². The molecule has 0 fully saturated rings. The van der Waals surface area contributed by atoms with Crippen LogP contribution in [0, 0.1) is 0 Å². The molecule has 3 N–H and O–H groups in total. The number of carbonyl (C=O) groups excluding carboxylic acids is 1. The predicted molar refractivity (Wildman–Crippen MR) is 279 cm³/mol. The standard InChI is InChI=1S/C56H106NO7P/c1-3-5-7-9-11-13-15-17-19-21-23-25-26-27-28-29-31-33-35-37-39-41-43-45-47-49-56(58)64-55(54-63-65(59,60)62-52-50-57)53-61-51-48-46-44-42-40-38-36-34-32-30-24-22-20-18-16-14-12-10-8-6-4-2/h5,7,11,13,17,19,23,25,55H,3-4,6,8-10,12,14-16,18,20-22,24,26-54,57H2,1-2H3,(H,59,60)/b7-5-,13-11-,19-17-,25-23-. The number of ether oxygens (including phenoxy) is 2. The summed E-state index contributed by atoms with van der Waals surface area (Å²) in [6, 6.07) is 0. The molecule has 0 bridgehead atoms. The summed E-state index contributed by atoms with van der Waals surface area (Å²) >= 11 is 0. The zero-order valence-corrected chi connectivity index (χ0v) is 43.6. The minimum absolute atomic E-state index is 0.0948.